The number of carbonyl (C=O) groups is 1. The fourth-order valence-electron chi connectivity index (χ4n) is 3.79. The van der Waals surface area contributed by atoms with Crippen molar-refractivity contribution in [1.29, 1.82) is 0 Å². The first-order valence-corrected chi connectivity index (χ1v) is 11.4. The van der Waals surface area contributed by atoms with E-state index in [0.717, 1.165) is 38.9 Å². The Labute approximate surface area is 191 Å². The first-order chi connectivity index (χ1) is 15.4. The van der Waals surface area contributed by atoms with Crippen LogP contribution in [0.4, 0.5) is 5.13 Å². The summed E-state index contributed by atoms with van der Waals surface area (Å²) >= 11 is 1.41. The van der Waals surface area contributed by atoms with Crippen LogP contribution >= 0.6 is 11.3 Å². The van der Waals surface area contributed by atoms with Crippen LogP contribution in [-0.4, -0.2) is 17.5 Å². The van der Waals surface area contributed by atoms with Crippen molar-refractivity contribution in [1.82, 2.24) is 4.98 Å². The molecule has 0 radical (unpaired) electrons. The van der Waals surface area contributed by atoms with E-state index >= 15 is 0 Å². The second kappa shape index (κ2) is 9.01. The largest absolute Gasteiger partial charge is 0.493 e. The van der Waals surface area contributed by atoms with Gasteiger partial charge in [-0.15, -0.1) is 11.3 Å². The Balaban J connectivity index is 1.76. The topological polar surface area (TPSA) is 64.4 Å². The number of benzene rings is 2. The number of anilines is 1. The molecule has 5 nitrogen and oxygen atoms in total. The number of hydrogen-bond donors (Lipinski definition) is 1. The van der Waals surface area contributed by atoms with Crippen LogP contribution in [0.1, 0.15) is 36.2 Å². The number of thiazole rings is 1. The lowest BCUT2D eigenvalue weighted by Crippen LogP contribution is -2.08. The molecule has 0 aliphatic rings. The summed E-state index contributed by atoms with van der Waals surface area (Å²) in [5.74, 6) is 0.467. The molecule has 2 heterocycles. The van der Waals surface area contributed by atoms with Gasteiger partial charge in [-0.3, -0.25) is 10.1 Å². The van der Waals surface area contributed by atoms with Crippen LogP contribution in [0.2, 0.25) is 0 Å². The SMILES string of the molecule is CCOc1cc2occ(-c3ccc(C)cc3C)c2cc1/C(C)=C/C(=O)Nc1nc(C)cs1. The van der Waals surface area contributed by atoms with Crippen molar-refractivity contribution in [3.8, 4) is 16.9 Å². The number of aryl methyl sites for hydroxylation is 3. The van der Waals surface area contributed by atoms with Crippen molar-refractivity contribution in [2.45, 2.75) is 34.6 Å². The second-order valence-electron chi connectivity index (χ2n) is 7.86. The van der Waals surface area contributed by atoms with E-state index in [1.165, 1.54) is 22.5 Å². The van der Waals surface area contributed by atoms with Crippen molar-refractivity contribution in [3.63, 3.8) is 0 Å². The molecule has 2 aromatic heterocycles. The molecule has 0 aliphatic heterocycles. The maximum Gasteiger partial charge on any atom is 0.250 e. The zero-order valence-corrected chi connectivity index (χ0v) is 19.7. The maximum atomic E-state index is 12.6. The number of rotatable bonds is 6. The molecule has 0 fully saturated rings. The highest BCUT2D eigenvalue weighted by Gasteiger charge is 2.16. The van der Waals surface area contributed by atoms with E-state index in [9.17, 15) is 4.79 Å². The van der Waals surface area contributed by atoms with E-state index in [1.807, 2.05) is 38.3 Å². The third kappa shape index (κ3) is 4.46. The summed E-state index contributed by atoms with van der Waals surface area (Å²) < 4.78 is 11.8. The number of furan rings is 1. The molecular formula is C26H26N2O3S. The summed E-state index contributed by atoms with van der Waals surface area (Å²) in [5, 5.41) is 6.31. The second-order valence-corrected chi connectivity index (χ2v) is 8.71. The van der Waals surface area contributed by atoms with Gasteiger partial charge in [0.1, 0.15) is 11.3 Å². The van der Waals surface area contributed by atoms with Gasteiger partial charge in [-0.25, -0.2) is 4.98 Å². The number of nitrogens with one attached hydrogen (secondary N) is 1. The van der Waals surface area contributed by atoms with Gasteiger partial charge in [-0.1, -0.05) is 23.8 Å². The normalized spacial score (nSPS) is 11.7. The van der Waals surface area contributed by atoms with Crippen molar-refractivity contribution in [2.75, 3.05) is 11.9 Å². The third-order valence-electron chi connectivity index (χ3n) is 5.27. The zero-order valence-electron chi connectivity index (χ0n) is 18.9. The number of ether oxygens (including phenoxy) is 1. The van der Waals surface area contributed by atoms with Gasteiger partial charge in [-0.2, -0.15) is 0 Å². The number of nitrogens with zero attached hydrogens (tertiary/aromatic N) is 1. The van der Waals surface area contributed by atoms with Crippen molar-refractivity contribution < 1.29 is 13.9 Å². The molecule has 1 amide bonds. The minimum Gasteiger partial charge on any atom is -0.493 e. The van der Waals surface area contributed by atoms with E-state index < -0.39 is 0 Å². The average Bonchev–Trinajstić information content (AvgIpc) is 3.33. The summed E-state index contributed by atoms with van der Waals surface area (Å²) in [7, 11) is 0. The molecule has 6 heteroatoms. The number of fused-ring (bicyclic) bond motifs is 1. The first kappa shape index (κ1) is 21.8. The number of aromatic nitrogens is 1. The number of allylic oxidation sites excluding steroid dienone is 1. The Kier molecular flexibility index (Phi) is 6.15. The summed E-state index contributed by atoms with van der Waals surface area (Å²) in [5.41, 5.74) is 7.86. The predicted molar refractivity (Wildman–Crippen MR) is 131 cm³/mol. The fraction of sp³-hybridized carbons (Fsp3) is 0.231. The van der Waals surface area contributed by atoms with Gasteiger partial charge in [0, 0.05) is 34.0 Å². The highest BCUT2D eigenvalue weighted by molar-refractivity contribution is 7.13. The van der Waals surface area contributed by atoms with Crippen LogP contribution in [0.3, 0.4) is 0 Å². The molecule has 0 atom stereocenters. The van der Waals surface area contributed by atoms with Gasteiger partial charge < -0.3 is 9.15 Å². The Hall–Kier alpha value is -3.38. The van der Waals surface area contributed by atoms with Crippen LogP contribution in [0.25, 0.3) is 27.7 Å². The van der Waals surface area contributed by atoms with Gasteiger partial charge in [0.2, 0.25) is 5.91 Å². The Morgan fingerprint density at radius 2 is 2.00 bits per heavy atom. The van der Waals surface area contributed by atoms with E-state index in [4.69, 9.17) is 9.15 Å². The summed E-state index contributed by atoms with van der Waals surface area (Å²) in [6.45, 7) is 10.5. The van der Waals surface area contributed by atoms with Gasteiger partial charge >= 0.3 is 0 Å². The molecule has 0 aliphatic carbocycles. The quantitative estimate of drug-likeness (QED) is 0.326. The lowest BCUT2D eigenvalue weighted by molar-refractivity contribution is -0.111. The fourth-order valence-corrected chi connectivity index (χ4v) is 4.48. The molecule has 4 rings (SSSR count). The standard InChI is InChI=1S/C26H26N2O3S/c1-6-30-23-12-24-21(22(13-31-24)19-8-7-15(2)9-16(19)3)11-20(23)17(4)10-25(29)28-26-27-18(5)14-32-26/h7-14H,6H2,1-5H3,(H,27,28,29)/b17-10+. The molecule has 0 saturated carbocycles. The highest BCUT2D eigenvalue weighted by atomic mass is 32.1. The molecule has 0 bridgehead atoms. The molecule has 164 valence electrons. The maximum absolute atomic E-state index is 12.6. The van der Waals surface area contributed by atoms with Gasteiger partial charge in [0.15, 0.2) is 5.13 Å². The minimum atomic E-state index is -0.221. The molecule has 1 N–H and O–H groups in total. The van der Waals surface area contributed by atoms with Crippen LogP contribution in [-0.2, 0) is 4.79 Å². The zero-order chi connectivity index (χ0) is 22.8. The summed E-state index contributed by atoms with van der Waals surface area (Å²) in [6.07, 6.45) is 3.37. The van der Waals surface area contributed by atoms with Crippen molar-refractivity contribution >= 4 is 38.9 Å². The molecule has 32 heavy (non-hydrogen) atoms. The van der Waals surface area contributed by atoms with E-state index in [1.54, 1.807) is 12.3 Å². The van der Waals surface area contributed by atoms with E-state index in [-0.39, 0.29) is 5.91 Å². The Bertz CT molecular complexity index is 1330. The monoisotopic (exact) mass is 446 g/mol. The average molecular weight is 447 g/mol. The van der Waals surface area contributed by atoms with Gasteiger partial charge in [-0.05, 0) is 57.4 Å². The first-order valence-electron chi connectivity index (χ1n) is 10.5. The van der Waals surface area contributed by atoms with Crippen LogP contribution in [0.15, 0.2) is 52.5 Å². The number of hydrogen-bond acceptors (Lipinski definition) is 5. The highest BCUT2D eigenvalue weighted by Crippen LogP contribution is 2.38. The molecule has 0 spiro atoms. The van der Waals surface area contributed by atoms with E-state index in [2.05, 4.69) is 42.3 Å². The molecule has 2 aromatic carbocycles. The molecule has 0 saturated heterocycles. The molecule has 4 aromatic rings. The summed E-state index contributed by atoms with van der Waals surface area (Å²) in [4.78, 5) is 16.9. The minimum absolute atomic E-state index is 0.221. The summed E-state index contributed by atoms with van der Waals surface area (Å²) in [6, 6.07) is 10.3. The third-order valence-corrected chi connectivity index (χ3v) is 6.14. The Morgan fingerprint density at radius 1 is 1.19 bits per heavy atom. The molecular weight excluding hydrogens is 420 g/mol. The van der Waals surface area contributed by atoms with Gasteiger partial charge in [0.05, 0.1) is 18.6 Å². The Morgan fingerprint density at radius 3 is 2.69 bits per heavy atom. The number of amides is 1. The van der Waals surface area contributed by atoms with E-state index in [0.29, 0.717) is 17.5 Å². The lowest BCUT2D eigenvalue weighted by Gasteiger charge is -2.12. The van der Waals surface area contributed by atoms with Gasteiger partial charge in [0.25, 0.3) is 0 Å². The van der Waals surface area contributed by atoms with Crippen LogP contribution in [0, 0.1) is 20.8 Å². The lowest BCUT2D eigenvalue weighted by atomic mass is 9.96. The smallest absolute Gasteiger partial charge is 0.250 e. The van der Waals surface area contributed by atoms with Crippen LogP contribution in [0.5, 0.6) is 5.75 Å². The van der Waals surface area contributed by atoms with Crippen molar-refractivity contribution in [3.05, 3.63) is 70.4 Å². The van der Waals surface area contributed by atoms with Crippen molar-refractivity contribution in [2.24, 2.45) is 0 Å². The van der Waals surface area contributed by atoms with Crippen LogP contribution < -0.4 is 10.1 Å². The number of carbonyl (C=O) groups excluding carboxylic acids is 1. The predicted octanol–water partition coefficient (Wildman–Crippen LogP) is 6.92. The molecule has 0 unspecified atom stereocenters.